The van der Waals surface area contributed by atoms with Crippen LogP contribution in [-0.4, -0.2) is 63.1 Å². The van der Waals surface area contributed by atoms with Crippen molar-refractivity contribution in [1.82, 2.24) is 24.8 Å². The first-order valence-electron chi connectivity index (χ1n) is 15.0. The molecule has 0 radical (unpaired) electrons. The lowest BCUT2D eigenvalue weighted by molar-refractivity contribution is -0.0704. The number of aryl methyl sites for hydroxylation is 2. The van der Waals surface area contributed by atoms with Gasteiger partial charge >= 0.3 is 0 Å². The van der Waals surface area contributed by atoms with Gasteiger partial charge in [-0.2, -0.15) is 0 Å². The highest BCUT2D eigenvalue weighted by molar-refractivity contribution is 6.02. The Hall–Kier alpha value is -3.72. The van der Waals surface area contributed by atoms with Gasteiger partial charge in [-0.1, -0.05) is 13.3 Å². The van der Waals surface area contributed by atoms with Crippen LogP contribution in [0.25, 0.3) is 11.1 Å². The molecule has 2 atom stereocenters. The van der Waals surface area contributed by atoms with E-state index in [2.05, 4.69) is 40.9 Å². The van der Waals surface area contributed by atoms with E-state index >= 15 is 0 Å². The number of ether oxygens (including phenoxy) is 2. The van der Waals surface area contributed by atoms with E-state index in [0.29, 0.717) is 41.6 Å². The molecule has 2 aliphatic heterocycles. The number of carbonyl (C=O) groups is 1. The molecular formula is C33H43N5O4. The zero-order valence-electron chi connectivity index (χ0n) is 26.0. The van der Waals surface area contributed by atoms with Gasteiger partial charge in [0.2, 0.25) is 5.79 Å². The van der Waals surface area contributed by atoms with Gasteiger partial charge in [-0.05, 0) is 77.7 Å². The highest BCUT2D eigenvalue weighted by Crippen LogP contribution is 2.53. The zero-order valence-corrected chi connectivity index (χ0v) is 26.0. The predicted octanol–water partition coefficient (Wildman–Crippen LogP) is 5.34. The number of carbonyl (C=O) groups excluding carboxylic acids is 1. The molecule has 1 aromatic carbocycles. The first kappa shape index (κ1) is 29.8. The van der Waals surface area contributed by atoms with Crippen LogP contribution in [-0.2, 0) is 13.0 Å². The molecule has 9 nitrogen and oxygen atoms in total. The third kappa shape index (κ3) is 5.67. The Labute approximate surface area is 248 Å². The molecule has 0 unspecified atom stereocenters. The van der Waals surface area contributed by atoms with Gasteiger partial charge in [-0.3, -0.25) is 9.59 Å². The number of H-pyrrole nitrogens is 1. The lowest BCUT2D eigenvalue weighted by Crippen LogP contribution is -2.39. The maximum absolute atomic E-state index is 14.1. The first-order chi connectivity index (χ1) is 20.0. The molecule has 1 N–H and O–H groups in total. The molecule has 4 heterocycles. The van der Waals surface area contributed by atoms with Crippen LogP contribution in [0.15, 0.2) is 29.6 Å². The summed E-state index contributed by atoms with van der Waals surface area (Å²) < 4.78 is 13.3. The van der Waals surface area contributed by atoms with Gasteiger partial charge in [0.25, 0.3) is 11.5 Å². The van der Waals surface area contributed by atoms with Gasteiger partial charge in [0, 0.05) is 66.3 Å². The summed E-state index contributed by atoms with van der Waals surface area (Å²) in [5.41, 5.74) is 6.06. The maximum Gasteiger partial charge on any atom is 0.254 e. The SMILES string of the molecule is CCC[C@H](CCC[C@]1(C)Oc2c(C)c3c(c(-c4cncnc4)c2O1)CCN(Cc1c(C)cc(C)[nH]c1=O)C3=O)N(C)C. The standard InChI is InChI=1S/C33H43N5O4/c1-8-10-24(37(6)7)11-9-13-33(5)41-29-22(4)27-25(28(30(29)42-33)23-16-34-19-35-17-23)12-14-38(32(27)40)18-26-20(2)15-21(3)36-31(26)39/h15-17,19,24H,8-14,18H2,1-7H3,(H,36,39)/t24-,33-/m1/s1. The van der Waals surface area contributed by atoms with Gasteiger partial charge in [0.1, 0.15) is 6.33 Å². The molecule has 0 aliphatic carbocycles. The quantitative estimate of drug-likeness (QED) is 0.349. The highest BCUT2D eigenvalue weighted by atomic mass is 16.7. The normalized spacial score (nSPS) is 18.5. The van der Waals surface area contributed by atoms with Crippen LogP contribution in [0.3, 0.4) is 0 Å². The van der Waals surface area contributed by atoms with Crippen molar-refractivity contribution < 1.29 is 14.3 Å². The fourth-order valence-electron chi connectivity index (χ4n) is 6.51. The first-order valence-corrected chi connectivity index (χ1v) is 15.0. The molecule has 5 rings (SSSR count). The number of hydrogen-bond donors (Lipinski definition) is 1. The summed E-state index contributed by atoms with van der Waals surface area (Å²) in [6.07, 6.45) is 10.7. The van der Waals surface area contributed by atoms with Crippen LogP contribution >= 0.6 is 0 Å². The number of hydrogen-bond acceptors (Lipinski definition) is 7. The summed E-state index contributed by atoms with van der Waals surface area (Å²) in [4.78, 5) is 42.4. The van der Waals surface area contributed by atoms with Crippen LogP contribution in [0, 0.1) is 20.8 Å². The summed E-state index contributed by atoms with van der Waals surface area (Å²) in [5, 5.41) is 0. The average Bonchev–Trinajstić information content (AvgIpc) is 3.29. The van der Waals surface area contributed by atoms with Crippen molar-refractivity contribution in [1.29, 1.82) is 0 Å². The van der Waals surface area contributed by atoms with Crippen LogP contribution in [0.2, 0.25) is 0 Å². The van der Waals surface area contributed by atoms with Gasteiger partial charge in [-0.25, -0.2) is 9.97 Å². The van der Waals surface area contributed by atoms with Crippen molar-refractivity contribution in [2.24, 2.45) is 0 Å². The molecule has 224 valence electrons. The number of nitrogens with one attached hydrogen (secondary N) is 1. The summed E-state index contributed by atoms with van der Waals surface area (Å²) in [7, 11) is 4.28. The number of aromatic nitrogens is 3. The van der Waals surface area contributed by atoms with Crippen LogP contribution in [0.4, 0.5) is 0 Å². The fourth-order valence-corrected chi connectivity index (χ4v) is 6.51. The van der Waals surface area contributed by atoms with Crippen molar-refractivity contribution >= 4 is 5.91 Å². The van der Waals surface area contributed by atoms with Crippen molar-refractivity contribution in [3.63, 3.8) is 0 Å². The molecule has 9 heteroatoms. The number of amides is 1. The van der Waals surface area contributed by atoms with E-state index < -0.39 is 5.79 Å². The lowest BCUT2D eigenvalue weighted by Gasteiger charge is -2.31. The molecule has 1 amide bonds. The van der Waals surface area contributed by atoms with Crippen LogP contribution < -0.4 is 15.0 Å². The maximum atomic E-state index is 14.1. The Balaban J connectivity index is 1.50. The second kappa shape index (κ2) is 11.9. The fraction of sp³-hybridized carbons (Fsp3) is 0.515. The largest absolute Gasteiger partial charge is 0.448 e. The number of pyridine rings is 1. The highest BCUT2D eigenvalue weighted by Gasteiger charge is 2.43. The second-order valence-electron chi connectivity index (χ2n) is 12.2. The summed E-state index contributed by atoms with van der Waals surface area (Å²) in [6, 6.07) is 2.46. The molecular weight excluding hydrogens is 530 g/mol. The third-order valence-corrected chi connectivity index (χ3v) is 8.73. The summed E-state index contributed by atoms with van der Waals surface area (Å²) in [6.45, 7) is 10.7. The Bertz CT molecular complexity index is 1530. The minimum Gasteiger partial charge on any atom is -0.448 e. The number of nitrogens with zero attached hydrogens (tertiary/aromatic N) is 4. The molecule has 2 aromatic heterocycles. The van der Waals surface area contributed by atoms with Crippen LogP contribution in [0.5, 0.6) is 11.5 Å². The second-order valence-corrected chi connectivity index (χ2v) is 12.2. The van der Waals surface area contributed by atoms with Crippen molar-refractivity contribution in [3.05, 3.63) is 68.7 Å². The smallest absolute Gasteiger partial charge is 0.254 e. The zero-order chi connectivity index (χ0) is 30.2. The monoisotopic (exact) mass is 573 g/mol. The van der Waals surface area contributed by atoms with Gasteiger partial charge in [-0.15, -0.1) is 0 Å². The van der Waals surface area contributed by atoms with Crippen molar-refractivity contribution in [3.8, 4) is 22.6 Å². The molecule has 0 fully saturated rings. The average molecular weight is 574 g/mol. The van der Waals surface area contributed by atoms with Crippen molar-refractivity contribution in [2.45, 2.75) is 91.5 Å². The van der Waals surface area contributed by atoms with E-state index in [1.54, 1.807) is 17.3 Å². The number of rotatable bonds is 10. The Morgan fingerprint density at radius 2 is 1.79 bits per heavy atom. The summed E-state index contributed by atoms with van der Waals surface area (Å²) in [5.74, 6) is 0.305. The predicted molar refractivity (Wildman–Crippen MR) is 163 cm³/mol. The third-order valence-electron chi connectivity index (χ3n) is 8.73. The van der Waals surface area contributed by atoms with E-state index in [1.165, 1.54) is 6.33 Å². The van der Waals surface area contributed by atoms with E-state index in [4.69, 9.17) is 9.47 Å². The molecule has 0 saturated heterocycles. The molecule has 3 aromatic rings. The molecule has 42 heavy (non-hydrogen) atoms. The van der Waals surface area contributed by atoms with Gasteiger partial charge < -0.3 is 24.3 Å². The Morgan fingerprint density at radius 1 is 1.07 bits per heavy atom. The van der Waals surface area contributed by atoms with E-state index in [1.807, 2.05) is 33.8 Å². The van der Waals surface area contributed by atoms with E-state index in [-0.39, 0.29) is 18.0 Å². The van der Waals surface area contributed by atoms with Crippen LogP contribution in [0.1, 0.15) is 84.3 Å². The Morgan fingerprint density at radius 3 is 2.45 bits per heavy atom. The number of aromatic amines is 1. The van der Waals surface area contributed by atoms with Gasteiger partial charge in [0.05, 0.1) is 12.1 Å². The number of fused-ring (bicyclic) bond motifs is 2. The Kier molecular flexibility index (Phi) is 8.42. The van der Waals surface area contributed by atoms with E-state index in [0.717, 1.165) is 65.6 Å². The molecule has 0 bridgehead atoms. The summed E-state index contributed by atoms with van der Waals surface area (Å²) >= 11 is 0. The topological polar surface area (TPSA) is 101 Å². The lowest BCUT2D eigenvalue weighted by atomic mass is 9.86. The minimum absolute atomic E-state index is 0.111. The molecule has 0 saturated carbocycles. The number of benzene rings is 1. The van der Waals surface area contributed by atoms with E-state index in [9.17, 15) is 9.59 Å². The van der Waals surface area contributed by atoms with Crippen molar-refractivity contribution in [2.75, 3.05) is 20.6 Å². The minimum atomic E-state index is -0.848. The van der Waals surface area contributed by atoms with Gasteiger partial charge in [0.15, 0.2) is 11.5 Å². The molecule has 0 spiro atoms. The molecule has 2 aliphatic rings.